The number of benzene rings is 1. The second kappa shape index (κ2) is 6.18. The highest BCUT2D eigenvalue weighted by Crippen LogP contribution is 2.25. The minimum absolute atomic E-state index is 0.358. The molecule has 0 saturated carbocycles. The van der Waals surface area contributed by atoms with Crippen LogP contribution in [0.1, 0.15) is 32.8 Å². The van der Waals surface area contributed by atoms with Gasteiger partial charge in [-0.1, -0.05) is 37.3 Å². The van der Waals surface area contributed by atoms with Gasteiger partial charge in [-0.2, -0.15) is 0 Å². The Morgan fingerprint density at radius 3 is 2.65 bits per heavy atom. The van der Waals surface area contributed by atoms with Gasteiger partial charge in [-0.25, -0.2) is 4.98 Å². The van der Waals surface area contributed by atoms with Crippen LogP contribution in [0.15, 0.2) is 30.3 Å². The molecule has 2 rings (SSSR count). The van der Waals surface area contributed by atoms with Crippen molar-refractivity contribution < 1.29 is 0 Å². The molecule has 3 nitrogen and oxygen atoms in total. The van der Waals surface area contributed by atoms with Crippen molar-refractivity contribution in [3.05, 3.63) is 35.9 Å². The first-order chi connectivity index (χ1) is 9.54. The molecule has 106 valence electrons. The molecular weight excluding hydrogens is 266 g/mol. The Balaban J connectivity index is 2.64. The van der Waals surface area contributed by atoms with Gasteiger partial charge < -0.3 is 10.6 Å². The first-order valence-corrected chi connectivity index (χ1v) is 7.41. The van der Waals surface area contributed by atoms with Crippen LogP contribution >= 0.6 is 12.2 Å². The molecule has 2 N–H and O–H groups in total. The lowest BCUT2D eigenvalue weighted by atomic mass is 10.1. The van der Waals surface area contributed by atoms with Crippen LogP contribution in [0.3, 0.4) is 0 Å². The van der Waals surface area contributed by atoms with Crippen LogP contribution in [0.25, 0.3) is 10.9 Å². The topological polar surface area (TPSA) is 42.2 Å². The summed E-state index contributed by atoms with van der Waals surface area (Å²) in [6, 6.07) is 10.5. The van der Waals surface area contributed by atoms with Crippen LogP contribution in [0.2, 0.25) is 0 Å². The summed E-state index contributed by atoms with van der Waals surface area (Å²) in [5.74, 6) is 0.896. The average Bonchev–Trinajstić information content (AvgIpc) is 2.43. The summed E-state index contributed by atoms with van der Waals surface area (Å²) in [7, 11) is 0. The number of nitrogens with two attached hydrogens (primary N) is 1. The van der Waals surface area contributed by atoms with Gasteiger partial charge in [0.05, 0.1) is 11.1 Å². The van der Waals surface area contributed by atoms with E-state index in [-0.39, 0.29) is 0 Å². The predicted octanol–water partition coefficient (Wildman–Crippen LogP) is 3.49. The summed E-state index contributed by atoms with van der Waals surface area (Å²) in [5.41, 5.74) is 7.74. The quantitative estimate of drug-likeness (QED) is 0.855. The monoisotopic (exact) mass is 287 g/mol. The summed E-state index contributed by atoms with van der Waals surface area (Å²) in [6.45, 7) is 7.43. The van der Waals surface area contributed by atoms with Gasteiger partial charge in [0.2, 0.25) is 0 Å². The summed E-state index contributed by atoms with van der Waals surface area (Å²) >= 11 is 5.21. The smallest absolute Gasteiger partial charge is 0.139 e. The van der Waals surface area contributed by atoms with Crippen molar-refractivity contribution in [1.82, 2.24) is 4.98 Å². The van der Waals surface area contributed by atoms with Crippen LogP contribution in [0.5, 0.6) is 0 Å². The molecule has 0 spiro atoms. The van der Waals surface area contributed by atoms with Gasteiger partial charge >= 0.3 is 0 Å². The molecule has 0 radical (unpaired) electrons. The number of nitrogens with zero attached hydrogens (tertiary/aromatic N) is 2. The number of pyridine rings is 1. The maximum atomic E-state index is 5.90. The molecule has 0 atom stereocenters. The van der Waals surface area contributed by atoms with Gasteiger partial charge in [-0.05, 0) is 32.4 Å². The first-order valence-electron chi connectivity index (χ1n) is 7.00. The van der Waals surface area contributed by atoms with Crippen molar-refractivity contribution >= 4 is 33.9 Å². The normalized spacial score (nSPS) is 11.0. The largest absolute Gasteiger partial charge is 0.389 e. The van der Waals surface area contributed by atoms with E-state index in [1.807, 2.05) is 30.3 Å². The fourth-order valence-corrected chi connectivity index (χ4v) is 2.51. The van der Waals surface area contributed by atoms with Crippen molar-refractivity contribution in [3.8, 4) is 0 Å². The minimum atomic E-state index is 0.358. The van der Waals surface area contributed by atoms with E-state index in [1.54, 1.807) is 0 Å². The average molecular weight is 287 g/mol. The lowest BCUT2D eigenvalue weighted by Crippen LogP contribution is -2.34. The standard InChI is InChI=1S/C16H21N3S/c1-4-9-19(11(2)3)16-13(15(17)20)10-12-7-5-6-8-14(12)18-16/h5-8,10-11H,4,9H2,1-3H3,(H2,17,20). The highest BCUT2D eigenvalue weighted by molar-refractivity contribution is 7.80. The van der Waals surface area contributed by atoms with Crippen molar-refractivity contribution in [2.45, 2.75) is 33.2 Å². The molecule has 2 aromatic rings. The summed E-state index contributed by atoms with van der Waals surface area (Å²) < 4.78 is 0. The molecule has 0 aliphatic rings. The Labute approximate surface area is 125 Å². The first kappa shape index (κ1) is 14.7. The molecule has 4 heteroatoms. The maximum absolute atomic E-state index is 5.90. The van der Waals surface area contributed by atoms with E-state index in [0.717, 1.165) is 35.2 Å². The molecule has 1 aromatic carbocycles. The Morgan fingerprint density at radius 1 is 1.35 bits per heavy atom. The fourth-order valence-electron chi connectivity index (χ4n) is 2.36. The highest BCUT2D eigenvalue weighted by Gasteiger charge is 2.17. The van der Waals surface area contributed by atoms with Crippen LogP contribution in [0, 0.1) is 0 Å². The SMILES string of the molecule is CCCN(c1nc2ccccc2cc1C(N)=S)C(C)C. The molecule has 0 unspecified atom stereocenters. The van der Waals surface area contributed by atoms with Crippen LogP contribution in [-0.4, -0.2) is 22.6 Å². The van der Waals surface area contributed by atoms with E-state index in [1.165, 1.54) is 0 Å². The number of rotatable bonds is 5. The molecule has 0 aliphatic carbocycles. The summed E-state index contributed by atoms with van der Waals surface area (Å²) in [5, 5.41) is 1.07. The van der Waals surface area contributed by atoms with Gasteiger partial charge in [0.15, 0.2) is 0 Å². The zero-order valence-electron chi connectivity index (χ0n) is 12.3. The lowest BCUT2D eigenvalue weighted by Gasteiger charge is -2.29. The van der Waals surface area contributed by atoms with Crippen molar-refractivity contribution in [3.63, 3.8) is 0 Å². The molecule has 0 amide bonds. The Morgan fingerprint density at radius 2 is 2.05 bits per heavy atom. The van der Waals surface area contributed by atoms with Crippen LogP contribution in [0.4, 0.5) is 5.82 Å². The van der Waals surface area contributed by atoms with E-state index >= 15 is 0 Å². The predicted molar refractivity (Wildman–Crippen MR) is 90.4 cm³/mol. The third kappa shape index (κ3) is 2.90. The molecule has 0 bridgehead atoms. The Kier molecular flexibility index (Phi) is 4.55. The third-order valence-electron chi connectivity index (χ3n) is 3.33. The summed E-state index contributed by atoms with van der Waals surface area (Å²) in [6.07, 6.45) is 1.06. The Hall–Kier alpha value is -1.68. The van der Waals surface area contributed by atoms with E-state index in [9.17, 15) is 0 Å². The molecule has 1 aromatic heterocycles. The third-order valence-corrected chi connectivity index (χ3v) is 3.55. The second-order valence-electron chi connectivity index (χ2n) is 5.20. The number of thiocarbonyl (C=S) groups is 1. The molecule has 20 heavy (non-hydrogen) atoms. The molecular formula is C16H21N3S. The van der Waals surface area contributed by atoms with E-state index in [0.29, 0.717) is 11.0 Å². The van der Waals surface area contributed by atoms with Crippen molar-refractivity contribution in [2.24, 2.45) is 5.73 Å². The van der Waals surface area contributed by atoms with Gasteiger partial charge in [0, 0.05) is 18.0 Å². The molecule has 0 aliphatic heterocycles. The lowest BCUT2D eigenvalue weighted by molar-refractivity contribution is 0.663. The number of para-hydroxylation sites is 1. The summed E-state index contributed by atoms with van der Waals surface area (Å²) in [4.78, 5) is 7.46. The number of anilines is 1. The van der Waals surface area contributed by atoms with E-state index in [4.69, 9.17) is 22.9 Å². The van der Waals surface area contributed by atoms with Gasteiger partial charge in [-0.15, -0.1) is 0 Å². The van der Waals surface area contributed by atoms with E-state index in [2.05, 4.69) is 25.7 Å². The maximum Gasteiger partial charge on any atom is 0.139 e. The van der Waals surface area contributed by atoms with Gasteiger partial charge in [-0.3, -0.25) is 0 Å². The van der Waals surface area contributed by atoms with E-state index < -0.39 is 0 Å². The minimum Gasteiger partial charge on any atom is -0.389 e. The molecule has 0 saturated heterocycles. The van der Waals surface area contributed by atoms with Gasteiger partial charge in [0.1, 0.15) is 10.8 Å². The van der Waals surface area contributed by atoms with Crippen molar-refractivity contribution in [1.29, 1.82) is 0 Å². The van der Waals surface area contributed by atoms with Gasteiger partial charge in [0.25, 0.3) is 0 Å². The number of fused-ring (bicyclic) bond motifs is 1. The second-order valence-corrected chi connectivity index (χ2v) is 5.64. The molecule has 1 heterocycles. The molecule has 0 fully saturated rings. The fraction of sp³-hybridized carbons (Fsp3) is 0.375. The number of hydrogen-bond acceptors (Lipinski definition) is 3. The van der Waals surface area contributed by atoms with Crippen LogP contribution < -0.4 is 10.6 Å². The number of hydrogen-bond donors (Lipinski definition) is 1. The number of aromatic nitrogens is 1. The Bertz CT molecular complexity index is 622. The zero-order valence-corrected chi connectivity index (χ0v) is 13.1. The zero-order chi connectivity index (χ0) is 14.7. The van der Waals surface area contributed by atoms with Crippen molar-refractivity contribution in [2.75, 3.05) is 11.4 Å². The van der Waals surface area contributed by atoms with Crippen LogP contribution in [-0.2, 0) is 0 Å². The highest BCUT2D eigenvalue weighted by atomic mass is 32.1.